The molecular weight excluding hydrogens is 278 g/mol. The van der Waals surface area contributed by atoms with Crippen LogP contribution in [0.4, 0.5) is 0 Å². The highest BCUT2D eigenvalue weighted by Gasteiger charge is 2.12. The number of rotatable bonds is 4. The number of H-pyrrole nitrogens is 1. The number of imidazole rings is 1. The third-order valence-corrected chi connectivity index (χ3v) is 4.19. The molecule has 2 aromatic carbocycles. The van der Waals surface area contributed by atoms with Crippen LogP contribution in [0.5, 0.6) is 0 Å². The van der Waals surface area contributed by atoms with Crippen molar-refractivity contribution in [3.63, 3.8) is 0 Å². The van der Waals surface area contributed by atoms with E-state index >= 15 is 0 Å². The van der Waals surface area contributed by atoms with Gasteiger partial charge in [0.15, 0.2) is 0 Å². The number of hydrogen-bond donors (Lipinski definition) is 2. The van der Waals surface area contributed by atoms with Gasteiger partial charge in [-0.1, -0.05) is 42.5 Å². The van der Waals surface area contributed by atoms with Gasteiger partial charge in [-0.3, -0.25) is 0 Å². The summed E-state index contributed by atoms with van der Waals surface area (Å²) in [6.45, 7) is 0. The molecule has 0 saturated heterocycles. The first kappa shape index (κ1) is 13.9. The third kappa shape index (κ3) is 3.01. The second kappa shape index (κ2) is 6.16. The molecule has 3 aromatic rings. The molecule has 3 nitrogen and oxygen atoms in total. The van der Waals surface area contributed by atoms with Gasteiger partial charge in [0, 0.05) is 4.90 Å². The maximum Gasteiger partial charge on any atom is 0.128 e. The van der Waals surface area contributed by atoms with Crippen molar-refractivity contribution in [1.29, 1.82) is 0 Å². The Bertz CT molecular complexity index is 704. The van der Waals surface area contributed by atoms with Gasteiger partial charge in [0.05, 0.1) is 17.9 Å². The highest BCUT2D eigenvalue weighted by Crippen LogP contribution is 2.24. The molecule has 1 unspecified atom stereocenters. The summed E-state index contributed by atoms with van der Waals surface area (Å²) >= 11 is 1.73. The quantitative estimate of drug-likeness (QED) is 0.719. The number of aromatic amines is 1. The highest BCUT2D eigenvalue weighted by atomic mass is 32.2. The van der Waals surface area contributed by atoms with Crippen molar-refractivity contribution < 1.29 is 0 Å². The van der Waals surface area contributed by atoms with Crippen LogP contribution in [0.25, 0.3) is 11.3 Å². The van der Waals surface area contributed by atoms with Gasteiger partial charge in [0.25, 0.3) is 0 Å². The Morgan fingerprint density at radius 3 is 2.43 bits per heavy atom. The van der Waals surface area contributed by atoms with E-state index in [4.69, 9.17) is 5.73 Å². The fourth-order valence-corrected chi connectivity index (χ4v) is 2.64. The van der Waals surface area contributed by atoms with Crippen LogP contribution in [0.2, 0.25) is 0 Å². The van der Waals surface area contributed by atoms with Gasteiger partial charge >= 0.3 is 0 Å². The predicted octanol–water partition coefficient (Wildman–Crippen LogP) is 3.85. The molecule has 0 aliphatic carbocycles. The maximum atomic E-state index is 6.26. The van der Waals surface area contributed by atoms with E-state index < -0.39 is 0 Å². The average molecular weight is 295 g/mol. The molecular formula is C17H17N3S. The molecule has 4 heteroatoms. The van der Waals surface area contributed by atoms with Crippen molar-refractivity contribution in [1.82, 2.24) is 9.97 Å². The van der Waals surface area contributed by atoms with Gasteiger partial charge in [0.1, 0.15) is 5.82 Å². The minimum atomic E-state index is -0.231. The zero-order chi connectivity index (χ0) is 14.7. The Morgan fingerprint density at radius 2 is 1.76 bits per heavy atom. The molecule has 1 atom stereocenters. The van der Waals surface area contributed by atoms with Crippen LogP contribution in [0.3, 0.4) is 0 Å². The normalized spacial score (nSPS) is 12.3. The monoisotopic (exact) mass is 295 g/mol. The van der Waals surface area contributed by atoms with Crippen molar-refractivity contribution in [2.24, 2.45) is 5.73 Å². The Hall–Kier alpha value is -2.04. The van der Waals surface area contributed by atoms with Gasteiger partial charge in [0.2, 0.25) is 0 Å². The lowest BCUT2D eigenvalue weighted by Crippen LogP contribution is -2.13. The Balaban J connectivity index is 1.85. The minimum Gasteiger partial charge on any atom is -0.340 e. The van der Waals surface area contributed by atoms with Crippen LogP contribution in [0, 0.1) is 0 Å². The van der Waals surface area contributed by atoms with Crippen LogP contribution in [0.1, 0.15) is 17.4 Å². The Kier molecular flexibility index (Phi) is 4.08. The molecule has 0 amide bonds. The molecule has 1 aromatic heterocycles. The first-order valence-electron chi connectivity index (χ1n) is 6.78. The van der Waals surface area contributed by atoms with E-state index in [2.05, 4.69) is 40.5 Å². The van der Waals surface area contributed by atoms with E-state index in [0.717, 1.165) is 22.6 Å². The Morgan fingerprint density at radius 1 is 1.05 bits per heavy atom. The highest BCUT2D eigenvalue weighted by molar-refractivity contribution is 7.98. The van der Waals surface area contributed by atoms with Crippen LogP contribution in [-0.2, 0) is 0 Å². The molecule has 0 fully saturated rings. The maximum absolute atomic E-state index is 6.26. The molecule has 21 heavy (non-hydrogen) atoms. The van der Waals surface area contributed by atoms with Crippen LogP contribution < -0.4 is 5.73 Å². The number of nitrogens with one attached hydrogen (secondary N) is 1. The number of aromatic nitrogens is 2. The molecule has 0 bridgehead atoms. The molecule has 0 aliphatic heterocycles. The molecule has 0 aliphatic rings. The van der Waals surface area contributed by atoms with E-state index in [0.29, 0.717) is 0 Å². The second-order valence-corrected chi connectivity index (χ2v) is 5.68. The molecule has 0 radical (unpaired) electrons. The lowest BCUT2D eigenvalue weighted by molar-refractivity contribution is 0.801. The fourth-order valence-electron chi connectivity index (χ4n) is 2.23. The number of thioether (sulfide) groups is 1. The van der Waals surface area contributed by atoms with Crippen molar-refractivity contribution in [2.45, 2.75) is 10.9 Å². The molecule has 0 saturated carbocycles. The lowest BCUT2D eigenvalue weighted by Gasteiger charge is -2.08. The summed E-state index contributed by atoms with van der Waals surface area (Å²) < 4.78 is 0. The van der Waals surface area contributed by atoms with Crippen molar-refractivity contribution in [3.05, 3.63) is 72.2 Å². The zero-order valence-electron chi connectivity index (χ0n) is 11.8. The summed E-state index contributed by atoms with van der Waals surface area (Å²) in [5, 5.41) is 0. The van der Waals surface area contributed by atoms with Crippen LogP contribution in [0.15, 0.2) is 65.7 Å². The molecule has 106 valence electrons. The molecule has 0 spiro atoms. The minimum absolute atomic E-state index is 0.231. The summed E-state index contributed by atoms with van der Waals surface area (Å²) in [5.74, 6) is 0.783. The molecule has 3 N–H and O–H groups in total. The van der Waals surface area contributed by atoms with Crippen molar-refractivity contribution in [3.8, 4) is 11.3 Å². The third-order valence-electron chi connectivity index (χ3n) is 3.45. The van der Waals surface area contributed by atoms with Gasteiger partial charge in [-0.15, -0.1) is 11.8 Å². The van der Waals surface area contributed by atoms with E-state index in [1.54, 1.807) is 11.8 Å². The number of nitrogens with two attached hydrogens (primary N) is 1. The number of hydrogen-bond acceptors (Lipinski definition) is 3. The Labute approximate surface area is 128 Å². The van der Waals surface area contributed by atoms with Crippen LogP contribution in [-0.4, -0.2) is 16.2 Å². The van der Waals surface area contributed by atoms with Crippen molar-refractivity contribution in [2.75, 3.05) is 6.26 Å². The summed E-state index contributed by atoms with van der Waals surface area (Å²) in [7, 11) is 0. The van der Waals surface area contributed by atoms with Gasteiger partial charge in [-0.05, 0) is 29.5 Å². The van der Waals surface area contributed by atoms with E-state index in [1.807, 2.05) is 36.5 Å². The van der Waals surface area contributed by atoms with Gasteiger partial charge in [-0.25, -0.2) is 4.98 Å². The number of benzene rings is 2. The number of nitrogens with zero attached hydrogens (tertiary/aromatic N) is 1. The standard InChI is InChI=1S/C17H17N3S/c1-21-14-9-7-12(8-10-14)15-11-19-17(20-15)16(18)13-5-3-2-4-6-13/h2-11,16H,18H2,1H3,(H,19,20). The average Bonchev–Trinajstić information content (AvgIpc) is 3.05. The smallest absolute Gasteiger partial charge is 0.128 e. The van der Waals surface area contributed by atoms with Gasteiger partial charge < -0.3 is 10.7 Å². The second-order valence-electron chi connectivity index (χ2n) is 4.80. The lowest BCUT2D eigenvalue weighted by atomic mass is 10.1. The summed E-state index contributed by atoms with van der Waals surface area (Å²) in [4.78, 5) is 9.00. The van der Waals surface area contributed by atoms with E-state index in [-0.39, 0.29) is 6.04 Å². The van der Waals surface area contributed by atoms with E-state index in [9.17, 15) is 0 Å². The molecule has 1 heterocycles. The van der Waals surface area contributed by atoms with Gasteiger partial charge in [-0.2, -0.15) is 0 Å². The topological polar surface area (TPSA) is 54.7 Å². The first-order valence-corrected chi connectivity index (χ1v) is 8.00. The fraction of sp³-hybridized carbons (Fsp3) is 0.118. The summed E-state index contributed by atoms with van der Waals surface area (Å²) in [6.07, 6.45) is 3.91. The predicted molar refractivity (Wildman–Crippen MR) is 88.3 cm³/mol. The van der Waals surface area contributed by atoms with E-state index in [1.165, 1.54) is 4.90 Å². The molecule has 3 rings (SSSR count). The largest absolute Gasteiger partial charge is 0.340 e. The van der Waals surface area contributed by atoms with Crippen molar-refractivity contribution >= 4 is 11.8 Å². The van der Waals surface area contributed by atoms with Crippen LogP contribution >= 0.6 is 11.8 Å². The summed E-state index contributed by atoms with van der Waals surface area (Å²) in [5.41, 5.74) is 9.42. The zero-order valence-corrected chi connectivity index (χ0v) is 12.6. The summed E-state index contributed by atoms with van der Waals surface area (Å²) in [6, 6.07) is 18.2. The first-order chi connectivity index (χ1) is 10.3. The SMILES string of the molecule is CSc1ccc(-c2cnc(C(N)c3ccccc3)[nH]2)cc1.